The van der Waals surface area contributed by atoms with Gasteiger partial charge < -0.3 is 10.6 Å². The van der Waals surface area contributed by atoms with E-state index in [1.807, 2.05) is 4.90 Å². The molecule has 7 nitrogen and oxygen atoms in total. The maximum Gasteiger partial charge on any atom is 0.230 e. The summed E-state index contributed by atoms with van der Waals surface area (Å²) in [7, 11) is -3.53. The zero-order valence-corrected chi connectivity index (χ0v) is 12.0. The molecule has 1 aliphatic heterocycles. The Hall–Kier alpha value is -1.85. The lowest BCUT2D eigenvalue weighted by Gasteiger charge is -2.35. The standard InChI is InChI=1S/C12H17N5O2S/c1-10(9-13)20(18,19)17-7-5-16(6-8-17)12-11(14)3-2-4-15-12/h2-4,10H,5-8,14H2,1H3. The lowest BCUT2D eigenvalue weighted by Crippen LogP contribution is -2.51. The van der Waals surface area contributed by atoms with Crippen LogP contribution in [-0.2, 0) is 10.0 Å². The second kappa shape index (κ2) is 5.64. The molecule has 1 saturated heterocycles. The van der Waals surface area contributed by atoms with Gasteiger partial charge in [-0.3, -0.25) is 0 Å². The van der Waals surface area contributed by atoms with Crippen LogP contribution >= 0.6 is 0 Å². The molecule has 2 rings (SSSR count). The maximum absolute atomic E-state index is 12.1. The van der Waals surface area contributed by atoms with Gasteiger partial charge in [-0.1, -0.05) is 0 Å². The second-order valence-electron chi connectivity index (χ2n) is 4.62. The molecule has 0 amide bonds. The van der Waals surface area contributed by atoms with E-state index in [1.165, 1.54) is 11.2 Å². The Bertz CT molecular complexity index is 617. The van der Waals surface area contributed by atoms with E-state index in [4.69, 9.17) is 11.0 Å². The third-order valence-corrected chi connectivity index (χ3v) is 5.43. The molecule has 0 radical (unpaired) electrons. The van der Waals surface area contributed by atoms with Crippen LogP contribution in [0.2, 0.25) is 0 Å². The Morgan fingerprint density at radius 3 is 2.60 bits per heavy atom. The van der Waals surface area contributed by atoms with Crippen molar-refractivity contribution in [1.29, 1.82) is 5.26 Å². The average molecular weight is 295 g/mol. The molecule has 2 heterocycles. The highest BCUT2D eigenvalue weighted by atomic mass is 32.2. The Morgan fingerprint density at radius 2 is 2.05 bits per heavy atom. The van der Waals surface area contributed by atoms with Crippen molar-refractivity contribution in [2.24, 2.45) is 0 Å². The zero-order chi connectivity index (χ0) is 14.8. The molecule has 0 spiro atoms. The number of nitrogens with two attached hydrogens (primary N) is 1. The van der Waals surface area contributed by atoms with Gasteiger partial charge in [0.15, 0.2) is 11.1 Å². The molecule has 2 N–H and O–H groups in total. The van der Waals surface area contributed by atoms with Crippen LogP contribution < -0.4 is 10.6 Å². The van der Waals surface area contributed by atoms with Crippen molar-refractivity contribution >= 4 is 21.5 Å². The van der Waals surface area contributed by atoms with E-state index in [9.17, 15) is 8.42 Å². The number of anilines is 2. The molecule has 1 fully saturated rings. The van der Waals surface area contributed by atoms with Crippen LogP contribution in [0.3, 0.4) is 0 Å². The van der Waals surface area contributed by atoms with Crippen molar-refractivity contribution in [3.63, 3.8) is 0 Å². The fourth-order valence-electron chi connectivity index (χ4n) is 2.12. The summed E-state index contributed by atoms with van der Waals surface area (Å²) in [4.78, 5) is 6.18. The number of nitriles is 1. The molecular weight excluding hydrogens is 278 g/mol. The summed E-state index contributed by atoms with van der Waals surface area (Å²) >= 11 is 0. The first-order chi connectivity index (χ1) is 9.46. The predicted octanol–water partition coefficient (Wildman–Crippen LogP) is 0.0277. The largest absolute Gasteiger partial charge is 0.396 e. The van der Waals surface area contributed by atoms with Gasteiger partial charge in [-0.05, 0) is 19.1 Å². The fourth-order valence-corrected chi connectivity index (χ4v) is 3.37. The molecule has 0 bridgehead atoms. The zero-order valence-electron chi connectivity index (χ0n) is 11.2. The summed E-state index contributed by atoms with van der Waals surface area (Å²) < 4.78 is 25.5. The van der Waals surface area contributed by atoms with E-state index in [1.54, 1.807) is 24.4 Å². The highest BCUT2D eigenvalue weighted by Crippen LogP contribution is 2.22. The van der Waals surface area contributed by atoms with E-state index in [0.29, 0.717) is 37.7 Å². The summed E-state index contributed by atoms with van der Waals surface area (Å²) in [5, 5.41) is 7.76. The summed E-state index contributed by atoms with van der Waals surface area (Å²) in [6, 6.07) is 5.30. The molecule has 1 atom stereocenters. The number of aromatic nitrogens is 1. The van der Waals surface area contributed by atoms with Crippen LogP contribution in [0.1, 0.15) is 6.92 Å². The molecule has 0 aromatic carbocycles. The number of rotatable bonds is 3. The Balaban J connectivity index is 2.07. The first kappa shape index (κ1) is 14.6. The summed E-state index contributed by atoms with van der Waals surface area (Å²) in [6.07, 6.45) is 1.66. The monoisotopic (exact) mass is 295 g/mol. The van der Waals surface area contributed by atoms with Gasteiger partial charge >= 0.3 is 0 Å². The molecule has 108 valence electrons. The first-order valence-corrected chi connectivity index (χ1v) is 7.81. The van der Waals surface area contributed by atoms with Crippen molar-refractivity contribution in [3.8, 4) is 6.07 Å². The van der Waals surface area contributed by atoms with Gasteiger partial charge in [0.1, 0.15) is 0 Å². The SMILES string of the molecule is CC(C#N)S(=O)(=O)N1CCN(c2ncccc2N)CC1. The van der Waals surface area contributed by atoms with Crippen LogP contribution in [0.4, 0.5) is 11.5 Å². The van der Waals surface area contributed by atoms with Gasteiger partial charge in [0.2, 0.25) is 10.0 Å². The van der Waals surface area contributed by atoms with Crippen molar-refractivity contribution in [2.45, 2.75) is 12.2 Å². The van der Waals surface area contributed by atoms with E-state index >= 15 is 0 Å². The smallest absolute Gasteiger partial charge is 0.230 e. The van der Waals surface area contributed by atoms with E-state index < -0.39 is 15.3 Å². The van der Waals surface area contributed by atoms with Crippen molar-refractivity contribution in [1.82, 2.24) is 9.29 Å². The number of hydrogen-bond donors (Lipinski definition) is 1. The molecule has 1 unspecified atom stereocenters. The molecule has 8 heteroatoms. The summed E-state index contributed by atoms with van der Waals surface area (Å²) in [5.74, 6) is 0.679. The van der Waals surface area contributed by atoms with Gasteiger partial charge in [0, 0.05) is 32.4 Å². The minimum absolute atomic E-state index is 0.338. The van der Waals surface area contributed by atoms with Crippen LogP contribution in [0, 0.1) is 11.3 Å². The van der Waals surface area contributed by atoms with Crippen molar-refractivity contribution in [2.75, 3.05) is 36.8 Å². The average Bonchev–Trinajstić information content (AvgIpc) is 2.47. The Labute approximate surface area is 118 Å². The molecule has 1 aromatic rings. The van der Waals surface area contributed by atoms with Gasteiger partial charge in [0.25, 0.3) is 0 Å². The van der Waals surface area contributed by atoms with Crippen LogP contribution in [0.5, 0.6) is 0 Å². The second-order valence-corrected chi connectivity index (χ2v) is 6.87. The molecule has 0 aliphatic carbocycles. The number of nitrogen functional groups attached to an aromatic ring is 1. The molecular formula is C12H17N5O2S. The first-order valence-electron chi connectivity index (χ1n) is 6.31. The summed E-state index contributed by atoms with van der Waals surface area (Å²) in [5.41, 5.74) is 6.44. The quantitative estimate of drug-likeness (QED) is 0.843. The topological polar surface area (TPSA) is 103 Å². The molecule has 0 saturated carbocycles. The fraction of sp³-hybridized carbons (Fsp3) is 0.500. The third kappa shape index (κ3) is 2.69. The third-order valence-electron chi connectivity index (χ3n) is 3.34. The van der Waals surface area contributed by atoms with Gasteiger partial charge in [-0.2, -0.15) is 9.57 Å². The molecule has 1 aromatic heterocycles. The highest BCUT2D eigenvalue weighted by molar-refractivity contribution is 7.89. The lowest BCUT2D eigenvalue weighted by atomic mass is 10.3. The molecule has 1 aliphatic rings. The van der Waals surface area contributed by atoms with Gasteiger partial charge in [-0.25, -0.2) is 13.4 Å². The number of pyridine rings is 1. The predicted molar refractivity (Wildman–Crippen MR) is 76.4 cm³/mol. The van der Waals surface area contributed by atoms with E-state index in [-0.39, 0.29) is 0 Å². The van der Waals surface area contributed by atoms with Crippen LogP contribution in [-0.4, -0.2) is 49.1 Å². The van der Waals surface area contributed by atoms with Gasteiger partial charge in [-0.15, -0.1) is 0 Å². The minimum atomic E-state index is -3.53. The maximum atomic E-state index is 12.1. The number of hydrogen-bond acceptors (Lipinski definition) is 6. The van der Waals surface area contributed by atoms with Crippen LogP contribution in [0.25, 0.3) is 0 Å². The number of nitrogens with zero attached hydrogens (tertiary/aromatic N) is 4. The number of piperazine rings is 1. The summed E-state index contributed by atoms with van der Waals surface area (Å²) in [6.45, 7) is 3.10. The molecule has 20 heavy (non-hydrogen) atoms. The number of sulfonamides is 1. The van der Waals surface area contributed by atoms with Gasteiger partial charge in [0.05, 0.1) is 11.8 Å². The van der Waals surface area contributed by atoms with Crippen molar-refractivity contribution < 1.29 is 8.42 Å². The Morgan fingerprint density at radius 1 is 1.40 bits per heavy atom. The Kier molecular flexibility index (Phi) is 4.11. The minimum Gasteiger partial charge on any atom is -0.396 e. The van der Waals surface area contributed by atoms with E-state index in [2.05, 4.69) is 4.98 Å². The normalized spacial score (nSPS) is 18.5. The van der Waals surface area contributed by atoms with E-state index in [0.717, 1.165) is 0 Å². The van der Waals surface area contributed by atoms with Crippen molar-refractivity contribution in [3.05, 3.63) is 18.3 Å². The highest BCUT2D eigenvalue weighted by Gasteiger charge is 2.32. The lowest BCUT2D eigenvalue weighted by molar-refractivity contribution is 0.382. The van der Waals surface area contributed by atoms with Crippen LogP contribution in [0.15, 0.2) is 18.3 Å².